The minimum atomic E-state index is -0.00784. The van der Waals surface area contributed by atoms with Crippen LogP contribution in [0.1, 0.15) is 6.92 Å². The fraction of sp³-hybridized carbons (Fsp3) is 0.364. The highest BCUT2D eigenvalue weighted by molar-refractivity contribution is 5.72. The van der Waals surface area contributed by atoms with Gasteiger partial charge in [-0.15, -0.1) is 0 Å². The van der Waals surface area contributed by atoms with Gasteiger partial charge in [0.15, 0.2) is 0 Å². The van der Waals surface area contributed by atoms with Crippen LogP contribution in [0.3, 0.4) is 0 Å². The summed E-state index contributed by atoms with van der Waals surface area (Å²) in [4.78, 5) is 10.6. The van der Waals surface area contributed by atoms with Crippen molar-refractivity contribution in [1.82, 2.24) is 5.32 Å². The van der Waals surface area contributed by atoms with Gasteiger partial charge in [-0.2, -0.15) is 0 Å². The van der Waals surface area contributed by atoms with Crippen LogP contribution in [0.5, 0.6) is 5.75 Å². The predicted octanol–water partition coefficient (Wildman–Crippen LogP) is 1.24. The van der Waals surface area contributed by atoms with Crippen molar-refractivity contribution in [2.75, 3.05) is 25.5 Å². The smallest absolute Gasteiger partial charge is 0.216 e. The predicted molar refractivity (Wildman–Crippen MR) is 60.2 cm³/mol. The molecule has 15 heavy (non-hydrogen) atoms. The third-order valence-corrected chi connectivity index (χ3v) is 1.92. The Morgan fingerprint density at radius 1 is 1.27 bits per heavy atom. The van der Waals surface area contributed by atoms with Crippen molar-refractivity contribution < 1.29 is 9.53 Å². The average molecular weight is 208 g/mol. The maximum absolute atomic E-state index is 10.6. The molecule has 0 saturated heterocycles. The molecule has 0 saturated carbocycles. The molecular formula is C11H16N2O2. The molecule has 1 rings (SSSR count). The van der Waals surface area contributed by atoms with E-state index in [1.807, 2.05) is 24.3 Å². The summed E-state index contributed by atoms with van der Waals surface area (Å²) in [7, 11) is 1.64. The van der Waals surface area contributed by atoms with Gasteiger partial charge in [0, 0.05) is 25.7 Å². The summed E-state index contributed by atoms with van der Waals surface area (Å²) in [5, 5.41) is 5.89. The van der Waals surface area contributed by atoms with Crippen LogP contribution in [-0.4, -0.2) is 26.1 Å². The highest BCUT2D eigenvalue weighted by atomic mass is 16.5. The molecule has 0 spiro atoms. The zero-order valence-corrected chi connectivity index (χ0v) is 9.04. The number of ether oxygens (including phenoxy) is 1. The number of benzene rings is 1. The Morgan fingerprint density at radius 2 is 1.93 bits per heavy atom. The Hall–Kier alpha value is -1.71. The van der Waals surface area contributed by atoms with E-state index in [4.69, 9.17) is 4.74 Å². The Bertz CT molecular complexity index is 309. The second-order valence-electron chi connectivity index (χ2n) is 3.14. The summed E-state index contributed by atoms with van der Waals surface area (Å²) in [5.74, 6) is 0.828. The summed E-state index contributed by atoms with van der Waals surface area (Å²) >= 11 is 0. The zero-order valence-electron chi connectivity index (χ0n) is 9.04. The van der Waals surface area contributed by atoms with E-state index in [-0.39, 0.29) is 5.91 Å². The van der Waals surface area contributed by atoms with E-state index in [2.05, 4.69) is 10.6 Å². The molecule has 0 aromatic heterocycles. The number of amides is 1. The molecule has 1 aromatic rings. The fourth-order valence-electron chi connectivity index (χ4n) is 1.15. The Kier molecular flexibility index (Phi) is 4.47. The van der Waals surface area contributed by atoms with Crippen molar-refractivity contribution in [3.8, 4) is 5.75 Å². The number of hydrogen-bond acceptors (Lipinski definition) is 3. The molecule has 0 atom stereocenters. The van der Waals surface area contributed by atoms with Crippen molar-refractivity contribution in [2.24, 2.45) is 0 Å². The first-order chi connectivity index (χ1) is 7.22. The molecule has 0 heterocycles. The van der Waals surface area contributed by atoms with Gasteiger partial charge >= 0.3 is 0 Å². The molecule has 4 heteroatoms. The van der Waals surface area contributed by atoms with Crippen LogP contribution in [0.15, 0.2) is 24.3 Å². The molecule has 0 fully saturated rings. The van der Waals surface area contributed by atoms with Gasteiger partial charge < -0.3 is 15.4 Å². The van der Waals surface area contributed by atoms with Crippen LogP contribution >= 0.6 is 0 Å². The number of rotatable bonds is 5. The third kappa shape index (κ3) is 4.35. The summed E-state index contributed by atoms with van der Waals surface area (Å²) < 4.78 is 5.04. The van der Waals surface area contributed by atoms with Crippen molar-refractivity contribution in [1.29, 1.82) is 0 Å². The first-order valence-electron chi connectivity index (χ1n) is 4.84. The van der Waals surface area contributed by atoms with Crippen LogP contribution in [-0.2, 0) is 4.79 Å². The van der Waals surface area contributed by atoms with E-state index >= 15 is 0 Å². The summed E-state index contributed by atoms with van der Waals surface area (Å²) in [6.07, 6.45) is 0. The highest BCUT2D eigenvalue weighted by Gasteiger charge is 1.93. The lowest BCUT2D eigenvalue weighted by molar-refractivity contribution is -0.118. The van der Waals surface area contributed by atoms with E-state index in [1.54, 1.807) is 7.11 Å². The average Bonchev–Trinajstić information content (AvgIpc) is 2.25. The fourth-order valence-corrected chi connectivity index (χ4v) is 1.15. The monoisotopic (exact) mass is 208 g/mol. The normalized spacial score (nSPS) is 9.47. The number of carbonyl (C=O) groups is 1. The summed E-state index contributed by atoms with van der Waals surface area (Å²) in [6, 6.07) is 7.65. The van der Waals surface area contributed by atoms with Crippen LogP contribution in [0.25, 0.3) is 0 Å². The standard InChI is InChI=1S/C11H16N2O2/c1-9(14)12-7-8-13-10-3-5-11(15-2)6-4-10/h3-6,13H,7-8H2,1-2H3,(H,12,14). The minimum Gasteiger partial charge on any atom is -0.497 e. The molecule has 0 unspecified atom stereocenters. The van der Waals surface area contributed by atoms with Gasteiger partial charge in [-0.25, -0.2) is 0 Å². The van der Waals surface area contributed by atoms with Gasteiger partial charge in [0.1, 0.15) is 5.75 Å². The van der Waals surface area contributed by atoms with Gasteiger partial charge in [0.05, 0.1) is 7.11 Å². The molecule has 0 aliphatic rings. The quantitative estimate of drug-likeness (QED) is 0.716. The Balaban J connectivity index is 2.28. The van der Waals surface area contributed by atoms with Crippen LogP contribution < -0.4 is 15.4 Å². The maximum atomic E-state index is 10.6. The lowest BCUT2D eigenvalue weighted by Gasteiger charge is -2.07. The highest BCUT2D eigenvalue weighted by Crippen LogP contribution is 2.14. The van der Waals surface area contributed by atoms with Crippen molar-refractivity contribution in [3.05, 3.63) is 24.3 Å². The molecule has 4 nitrogen and oxygen atoms in total. The number of methoxy groups -OCH3 is 1. The van der Waals surface area contributed by atoms with Gasteiger partial charge in [0.2, 0.25) is 5.91 Å². The van der Waals surface area contributed by atoms with Crippen LogP contribution in [0.4, 0.5) is 5.69 Å². The maximum Gasteiger partial charge on any atom is 0.216 e. The Morgan fingerprint density at radius 3 is 2.47 bits per heavy atom. The van der Waals surface area contributed by atoms with Gasteiger partial charge in [-0.05, 0) is 24.3 Å². The summed E-state index contributed by atoms with van der Waals surface area (Å²) in [6.45, 7) is 2.85. The van der Waals surface area contributed by atoms with E-state index in [1.165, 1.54) is 6.92 Å². The first kappa shape index (κ1) is 11.4. The van der Waals surface area contributed by atoms with Crippen molar-refractivity contribution in [3.63, 3.8) is 0 Å². The number of nitrogens with one attached hydrogen (secondary N) is 2. The first-order valence-corrected chi connectivity index (χ1v) is 4.84. The van der Waals surface area contributed by atoms with E-state index in [0.717, 1.165) is 11.4 Å². The topological polar surface area (TPSA) is 50.4 Å². The second-order valence-corrected chi connectivity index (χ2v) is 3.14. The molecule has 2 N–H and O–H groups in total. The van der Waals surface area contributed by atoms with E-state index in [9.17, 15) is 4.79 Å². The number of hydrogen-bond donors (Lipinski definition) is 2. The molecule has 0 aliphatic carbocycles. The van der Waals surface area contributed by atoms with Crippen LogP contribution in [0.2, 0.25) is 0 Å². The van der Waals surface area contributed by atoms with E-state index in [0.29, 0.717) is 13.1 Å². The number of carbonyl (C=O) groups excluding carboxylic acids is 1. The molecular weight excluding hydrogens is 192 g/mol. The zero-order chi connectivity index (χ0) is 11.1. The molecule has 82 valence electrons. The lowest BCUT2D eigenvalue weighted by atomic mass is 10.3. The molecule has 0 bridgehead atoms. The Labute approximate surface area is 89.6 Å². The third-order valence-electron chi connectivity index (χ3n) is 1.92. The van der Waals surface area contributed by atoms with Crippen LogP contribution in [0, 0.1) is 0 Å². The van der Waals surface area contributed by atoms with Crippen molar-refractivity contribution in [2.45, 2.75) is 6.92 Å². The van der Waals surface area contributed by atoms with Gasteiger partial charge in [-0.1, -0.05) is 0 Å². The molecule has 1 amide bonds. The molecule has 0 radical (unpaired) electrons. The lowest BCUT2D eigenvalue weighted by Crippen LogP contribution is -2.26. The van der Waals surface area contributed by atoms with Gasteiger partial charge in [0.25, 0.3) is 0 Å². The second kappa shape index (κ2) is 5.90. The molecule has 0 aliphatic heterocycles. The summed E-state index contributed by atoms with van der Waals surface area (Å²) in [5.41, 5.74) is 1.01. The van der Waals surface area contributed by atoms with E-state index < -0.39 is 0 Å². The SMILES string of the molecule is COc1ccc(NCCNC(C)=O)cc1. The minimum absolute atomic E-state index is 0.00784. The van der Waals surface area contributed by atoms with Gasteiger partial charge in [-0.3, -0.25) is 4.79 Å². The largest absolute Gasteiger partial charge is 0.497 e. The van der Waals surface area contributed by atoms with Crippen molar-refractivity contribution >= 4 is 11.6 Å². The number of anilines is 1. The molecule has 1 aromatic carbocycles.